The van der Waals surface area contributed by atoms with Crippen molar-refractivity contribution in [2.75, 3.05) is 12.9 Å². The quantitative estimate of drug-likeness (QED) is 0.517. The second-order valence-corrected chi connectivity index (χ2v) is 9.27. The van der Waals surface area contributed by atoms with Gasteiger partial charge in [-0.05, 0) is 57.2 Å². The van der Waals surface area contributed by atoms with E-state index >= 15 is 0 Å². The Bertz CT molecular complexity index is 1110. The van der Waals surface area contributed by atoms with Crippen molar-refractivity contribution in [2.45, 2.75) is 31.5 Å². The van der Waals surface area contributed by atoms with Crippen LogP contribution in [0.1, 0.15) is 20.8 Å². The fourth-order valence-corrected chi connectivity index (χ4v) is 3.68. The molecule has 0 unspecified atom stereocenters. The summed E-state index contributed by atoms with van der Waals surface area (Å²) < 4.78 is 7.16. The number of carbonyl (C=O) groups excluding carboxylic acids is 2. The molecule has 168 valence electrons. The minimum Gasteiger partial charge on any atom is -0.497 e. The van der Waals surface area contributed by atoms with Gasteiger partial charge in [-0.1, -0.05) is 35.5 Å². The summed E-state index contributed by atoms with van der Waals surface area (Å²) in [5, 5.41) is 14.7. The number of amides is 3. The molecule has 10 heteroatoms. The number of halogens is 1. The number of methoxy groups -OCH3 is 1. The van der Waals surface area contributed by atoms with Crippen molar-refractivity contribution in [3.05, 3.63) is 53.6 Å². The average Bonchev–Trinajstić information content (AvgIpc) is 3.15. The monoisotopic (exact) mass is 473 g/mol. The van der Waals surface area contributed by atoms with Crippen molar-refractivity contribution in [1.29, 1.82) is 0 Å². The molecule has 0 spiro atoms. The van der Waals surface area contributed by atoms with E-state index in [1.54, 1.807) is 19.2 Å². The van der Waals surface area contributed by atoms with Crippen LogP contribution in [0.5, 0.6) is 5.75 Å². The van der Waals surface area contributed by atoms with Crippen LogP contribution in [0.15, 0.2) is 53.7 Å². The second kappa shape index (κ2) is 10.1. The van der Waals surface area contributed by atoms with Gasteiger partial charge in [0.15, 0.2) is 11.0 Å². The molecule has 32 heavy (non-hydrogen) atoms. The van der Waals surface area contributed by atoms with Crippen LogP contribution in [-0.4, -0.2) is 45.1 Å². The lowest BCUT2D eigenvalue weighted by molar-refractivity contribution is -0.117. The maximum atomic E-state index is 12.3. The standard InChI is InChI=1S/C22H24ClN5O3S/c1-22(2,3)25-20(30)24-18(29)13-32-21-27-26-19(14-6-5-7-17(12-14)31-4)28(21)16-10-8-15(23)9-11-16/h5-12H,13H2,1-4H3,(H2,24,25,29,30). The van der Waals surface area contributed by atoms with Crippen molar-refractivity contribution < 1.29 is 14.3 Å². The Kier molecular flexibility index (Phi) is 7.42. The Labute approximate surface area is 195 Å². The summed E-state index contributed by atoms with van der Waals surface area (Å²) in [5.74, 6) is 0.818. The molecule has 3 aromatic rings. The number of carbonyl (C=O) groups is 2. The molecule has 0 fully saturated rings. The Morgan fingerprint density at radius 2 is 1.84 bits per heavy atom. The summed E-state index contributed by atoms with van der Waals surface area (Å²) in [6, 6.07) is 14.1. The lowest BCUT2D eigenvalue weighted by Crippen LogP contribution is -2.48. The molecule has 0 radical (unpaired) electrons. The molecule has 0 aliphatic rings. The summed E-state index contributed by atoms with van der Waals surface area (Å²) in [5.41, 5.74) is 1.14. The Morgan fingerprint density at radius 1 is 1.12 bits per heavy atom. The molecule has 8 nitrogen and oxygen atoms in total. The van der Waals surface area contributed by atoms with Crippen molar-refractivity contribution in [3.63, 3.8) is 0 Å². The maximum Gasteiger partial charge on any atom is 0.321 e. The van der Waals surface area contributed by atoms with E-state index in [2.05, 4.69) is 20.8 Å². The van der Waals surface area contributed by atoms with Crippen LogP contribution in [0.3, 0.4) is 0 Å². The van der Waals surface area contributed by atoms with Crippen LogP contribution < -0.4 is 15.4 Å². The van der Waals surface area contributed by atoms with Crippen molar-refractivity contribution >= 4 is 35.3 Å². The zero-order valence-electron chi connectivity index (χ0n) is 18.2. The average molecular weight is 474 g/mol. The molecule has 0 aliphatic carbocycles. The van der Waals surface area contributed by atoms with Crippen molar-refractivity contribution in [1.82, 2.24) is 25.4 Å². The Hall–Kier alpha value is -3.04. The number of imide groups is 1. The first-order valence-corrected chi connectivity index (χ1v) is 11.1. The molecule has 2 N–H and O–H groups in total. The number of nitrogens with zero attached hydrogens (tertiary/aromatic N) is 3. The summed E-state index contributed by atoms with van der Waals surface area (Å²) in [6.45, 7) is 5.50. The highest BCUT2D eigenvalue weighted by Crippen LogP contribution is 2.30. The number of urea groups is 1. The lowest BCUT2D eigenvalue weighted by atomic mass is 10.1. The van der Waals surface area contributed by atoms with Crippen LogP contribution in [0.25, 0.3) is 17.1 Å². The maximum absolute atomic E-state index is 12.3. The van der Waals surface area contributed by atoms with Gasteiger partial charge < -0.3 is 10.1 Å². The molecule has 3 amide bonds. The fourth-order valence-electron chi connectivity index (χ4n) is 2.80. The van der Waals surface area contributed by atoms with E-state index in [0.29, 0.717) is 21.8 Å². The highest BCUT2D eigenvalue weighted by atomic mass is 35.5. The summed E-state index contributed by atoms with van der Waals surface area (Å²) in [7, 11) is 1.60. The number of aromatic nitrogens is 3. The number of hydrogen-bond donors (Lipinski definition) is 2. The van der Waals surface area contributed by atoms with Gasteiger partial charge in [-0.2, -0.15) is 0 Å². The van der Waals surface area contributed by atoms with Crippen LogP contribution in [0.2, 0.25) is 5.02 Å². The first kappa shape index (κ1) is 23.6. The first-order valence-electron chi connectivity index (χ1n) is 9.77. The smallest absolute Gasteiger partial charge is 0.321 e. The molecule has 0 bridgehead atoms. The van der Waals surface area contributed by atoms with Crippen LogP contribution in [0, 0.1) is 0 Å². The SMILES string of the molecule is COc1cccc(-c2nnc(SCC(=O)NC(=O)NC(C)(C)C)n2-c2ccc(Cl)cc2)c1. The zero-order chi connectivity index (χ0) is 23.3. The van der Waals surface area contributed by atoms with Gasteiger partial charge >= 0.3 is 6.03 Å². The first-order chi connectivity index (χ1) is 15.2. The molecule has 0 saturated carbocycles. The molecule has 0 aliphatic heterocycles. The van der Waals surface area contributed by atoms with Gasteiger partial charge in [-0.15, -0.1) is 10.2 Å². The molecule has 0 atom stereocenters. The minimum absolute atomic E-state index is 0.0125. The molecule has 3 rings (SSSR count). The third-order valence-corrected chi connectivity index (χ3v) is 5.30. The normalized spacial score (nSPS) is 11.2. The van der Waals surface area contributed by atoms with Gasteiger partial charge in [0.1, 0.15) is 5.75 Å². The number of rotatable bonds is 6. The summed E-state index contributed by atoms with van der Waals surface area (Å²) in [4.78, 5) is 24.2. The van der Waals surface area contributed by atoms with Gasteiger partial charge in [0, 0.05) is 21.8 Å². The van der Waals surface area contributed by atoms with E-state index < -0.39 is 17.5 Å². The lowest BCUT2D eigenvalue weighted by Gasteiger charge is -2.20. The van der Waals surface area contributed by atoms with E-state index in [1.807, 2.05) is 61.7 Å². The topological polar surface area (TPSA) is 98.1 Å². The van der Waals surface area contributed by atoms with Crippen molar-refractivity contribution in [3.8, 4) is 22.8 Å². The van der Waals surface area contributed by atoms with E-state index in [0.717, 1.165) is 11.3 Å². The molecular weight excluding hydrogens is 450 g/mol. The van der Waals surface area contributed by atoms with Crippen LogP contribution in [0.4, 0.5) is 4.79 Å². The second-order valence-electron chi connectivity index (χ2n) is 7.89. The number of thioether (sulfide) groups is 1. The predicted octanol–water partition coefficient (Wildman–Crippen LogP) is 4.31. The number of nitrogens with one attached hydrogen (secondary N) is 2. The van der Waals surface area contributed by atoms with E-state index in [9.17, 15) is 9.59 Å². The van der Waals surface area contributed by atoms with E-state index in [-0.39, 0.29) is 5.75 Å². The molecule has 2 aromatic carbocycles. The van der Waals surface area contributed by atoms with Gasteiger partial charge in [-0.25, -0.2) is 4.79 Å². The number of hydrogen-bond acceptors (Lipinski definition) is 6. The number of ether oxygens (including phenoxy) is 1. The molecular formula is C22H24ClN5O3S. The Morgan fingerprint density at radius 3 is 2.50 bits per heavy atom. The number of benzene rings is 2. The van der Waals surface area contributed by atoms with Crippen molar-refractivity contribution in [2.24, 2.45) is 0 Å². The van der Waals surface area contributed by atoms with E-state index in [1.165, 1.54) is 11.8 Å². The largest absolute Gasteiger partial charge is 0.497 e. The van der Waals surface area contributed by atoms with Gasteiger partial charge in [0.2, 0.25) is 5.91 Å². The molecule has 1 heterocycles. The minimum atomic E-state index is -0.542. The highest BCUT2D eigenvalue weighted by molar-refractivity contribution is 7.99. The Balaban J connectivity index is 1.86. The third kappa shape index (κ3) is 6.24. The van der Waals surface area contributed by atoms with Crippen LogP contribution in [-0.2, 0) is 4.79 Å². The fraction of sp³-hybridized carbons (Fsp3) is 0.273. The zero-order valence-corrected chi connectivity index (χ0v) is 19.8. The van der Waals surface area contributed by atoms with Gasteiger partial charge in [-0.3, -0.25) is 14.7 Å². The predicted molar refractivity (Wildman–Crippen MR) is 126 cm³/mol. The summed E-state index contributed by atoms with van der Waals surface area (Å²) in [6.07, 6.45) is 0. The van der Waals surface area contributed by atoms with Crippen LogP contribution >= 0.6 is 23.4 Å². The molecule has 0 saturated heterocycles. The van der Waals surface area contributed by atoms with E-state index in [4.69, 9.17) is 16.3 Å². The summed E-state index contributed by atoms with van der Waals surface area (Å²) >= 11 is 7.23. The van der Waals surface area contributed by atoms with Gasteiger partial charge in [0.25, 0.3) is 0 Å². The third-order valence-electron chi connectivity index (χ3n) is 4.12. The van der Waals surface area contributed by atoms with Gasteiger partial charge in [0.05, 0.1) is 12.9 Å². The molecule has 1 aromatic heterocycles. The highest BCUT2D eigenvalue weighted by Gasteiger charge is 2.19.